The Kier molecular flexibility index (Phi) is 35.4. The smallest absolute Gasteiger partial charge is 0.120 e. The molecule has 13 aromatic carbocycles. The van der Waals surface area contributed by atoms with Gasteiger partial charge in [0.25, 0.3) is 0 Å². The Balaban J connectivity index is 0.875. The van der Waals surface area contributed by atoms with Crippen LogP contribution in [0.1, 0.15) is 350 Å². The number of benzene rings is 13. The molecule has 0 amide bonds. The molecule has 16 aromatic rings. The zero-order chi connectivity index (χ0) is 90.4. The first kappa shape index (κ1) is 95.0. The van der Waals surface area contributed by atoms with Crippen molar-refractivity contribution in [1.29, 1.82) is 0 Å². The van der Waals surface area contributed by atoms with Crippen LogP contribution in [0.5, 0.6) is 34.5 Å². The molecule has 0 saturated heterocycles. The molecule has 0 saturated carbocycles. The molecule has 0 spiro atoms. The molecule has 0 N–H and O–H groups in total. The molecule has 0 atom stereocenters. The van der Waals surface area contributed by atoms with E-state index in [1.165, 1.54) is 231 Å². The second kappa shape index (κ2) is 49.2. The maximum absolute atomic E-state index is 6.72. The highest BCUT2D eigenvalue weighted by Crippen LogP contribution is 2.47. The van der Waals surface area contributed by atoms with Gasteiger partial charge in [-0.2, -0.15) is 0 Å². The number of unbranched alkanes of at least 4 members (excludes halogenated alkanes) is 42. The van der Waals surface area contributed by atoms with E-state index in [-0.39, 0.29) is 0 Å². The maximum Gasteiger partial charge on any atom is 0.120 e. The number of rotatable bonds is 60. The number of hydrogen-bond donors (Lipinski definition) is 0. The van der Waals surface area contributed by atoms with Crippen LogP contribution in [0.2, 0.25) is 0 Å². The van der Waals surface area contributed by atoms with Gasteiger partial charge in [0.15, 0.2) is 0 Å². The number of nitrogens with zero attached hydrogens (tertiary/aromatic N) is 6. The Morgan fingerprint density at radius 3 is 0.402 bits per heavy atom. The Labute approximate surface area is 786 Å². The fourth-order valence-electron chi connectivity index (χ4n) is 20.6. The molecular weight excluding hydrogens is 1620 g/mol. The quantitative estimate of drug-likeness (QED) is 0.0204. The first-order valence-corrected chi connectivity index (χ1v) is 53.0. The Hall–Kier alpha value is -10.2. The topological polar surface area (TPSA) is 133 Å². The molecule has 696 valence electrons. The van der Waals surface area contributed by atoms with E-state index in [0.717, 1.165) is 275 Å². The van der Waals surface area contributed by atoms with Gasteiger partial charge in [0.1, 0.15) is 34.5 Å². The third-order valence-electron chi connectivity index (χ3n) is 28.2. The monoisotopic (exact) mass is 1770 g/mol. The van der Waals surface area contributed by atoms with Crippen molar-refractivity contribution in [2.24, 2.45) is 0 Å². The summed E-state index contributed by atoms with van der Waals surface area (Å²) in [6.45, 7) is 17.7. The molecule has 0 aliphatic rings. The molecule has 0 bridgehead atoms. The van der Waals surface area contributed by atoms with Crippen molar-refractivity contribution in [3.8, 4) is 34.5 Å². The van der Waals surface area contributed by atoms with E-state index in [1.54, 1.807) is 0 Å². The molecule has 0 fully saturated rings. The highest BCUT2D eigenvalue weighted by atomic mass is 16.5. The van der Waals surface area contributed by atoms with E-state index in [1.807, 2.05) is 0 Å². The van der Waals surface area contributed by atoms with E-state index in [2.05, 4.69) is 187 Å². The van der Waals surface area contributed by atoms with Crippen molar-refractivity contribution in [3.05, 3.63) is 146 Å². The third kappa shape index (κ3) is 23.9. The fourth-order valence-corrected chi connectivity index (χ4v) is 20.6. The van der Waals surface area contributed by atoms with E-state index in [9.17, 15) is 0 Å². The fraction of sp³-hybridized carbons (Fsp3) is 0.500. The second-order valence-corrected chi connectivity index (χ2v) is 38.6. The SMILES string of the molecule is CCCCCCCCCCOc1ccc2c3ccc(OCCCCCCCCCC)cc3c3nc4cc5c(cc4nc3c2c1)c1cc2nc3c4cc(OCCCCCCCCCC)ccc4c4ccc(OCCCCCCCCCC)cc4c3nc2cc1c1cc2nc3c4cc(OCCCCCCCCCC)ccc4c4ccc(OCCCCCCCCCC)cc4c3nc2cc51. The summed E-state index contributed by atoms with van der Waals surface area (Å²) >= 11 is 0. The molecule has 12 nitrogen and oxygen atoms in total. The van der Waals surface area contributed by atoms with Gasteiger partial charge in [-0.25, -0.2) is 29.9 Å². The van der Waals surface area contributed by atoms with Gasteiger partial charge in [-0.05, 0) is 249 Å². The minimum absolute atomic E-state index is 0.661. The predicted octanol–water partition coefficient (Wildman–Crippen LogP) is 36.5. The Morgan fingerprint density at radius 1 is 0.136 bits per heavy atom. The molecule has 16 rings (SSSR count). The molecule has 132 heavy (non-hydrogen) atoms. The van der Waals surface area contributed by atoms with Gasteiger partial charge in [-0.3, -0.25) is 0 Å². The van der Waals surface area contributed by atoms with Gasteiger partial charge in [0.2, 0.25) is 0 Å². The lowest BCUT2D eigenvalue weighted by Gasteiger charge is -2.17. The summed E-state index contributed by atoms with van der Waals surface area (Å²) in [7, 11) is 0. The predicted molar refractivity (Wildman–Crippen MR) is 564 cm³/mol. The summed E-state index contributed by atoms with van der Waals surface area (Å²) in [5.41, 5.74) is 9.70. The molecule has 3 aromatic heterocycles. The second-order valence-electron chi connectivity index (χ2n) is 38.6. The van der Waals surface area contributed by atoms with Crippen LogP contribution in [0.25, 0.3) is 163 Å². The molecular formula is C120H150N6O6. The van der Waals surface area contributed by atoms with Crippen molar-refractivity contribution >= 4 is 163 Å². The van der Waals surface area contributed by atoms with Crippen molar-refractivity contribution in [2.75, 3.05) is 39.6 Å². The number of hydrogen-bond acceptors (Lipinski definition) is 12. The standard InChI is InChI=1S/C120H150N6O6/c1-7-13-19-25-31-37-43-49-67-127-85-55-61-91-92-62-56-86(128-68-50-44-38-32-26-20-14-8-2)74-104(92)116-115(103(91)73-85)121-109-79-97-98(80-110(109)122-116)100-82-112-114(126-120-108-78-90(132-72-54-48-42-36-30-24-18-12-6)60-66-96(108)95-65-59-89(77-107(95)119(120)124-112)131-71-53-47-41-35-29-23-17-11-5)84-102(100)101-83-113-111(81-99(97)101)123-117-105-75-87(129-69-51-45-39-33-27-21-15-9-3)57-63-93(105)94-64-58-88(76-106(94)118(117)125-113)130-70-52-46-40-34-28-22-16-10-4/h55-66,73-84H,7-54,67-72H2,1-6H3. The maximum atomic E-state index is 6.72. The lowest BCUT2D eigenvalue weighted by Crippen LogP contribution is -1.99. The Bertz CT molecular complexity index is 5490. The highest BCUT2D eigenvalue weighted by Gasteiger charge is 2.24. The number of ether oxygens (including phenoxy) is 6. The summed E-state index contributed by atoms with van der Waals surface area (Å²) < 4.78 is 40.3. The van der Waals surface area contributed by atoms with E-state index < -0.39 is 0 Å². The summed E-state index contributed by atoms with van der Waals surface area (Å²) in [6.07, 6.45) is 59.5. The Morgan fingerprint density at radius 2 is 0.265 bits per heavy atom. The molecule has 12 heteroatoms. The van der Waals surface area contributed by atoms with Crippen LogP contribution in [0, 0.1) is 0 Å². The van der Waals surface area contributed by atoms with Crippen molar-refractivity contribution < 1.29 is 28.4 Å². The molecule has 3 heterocycles. The lowest BCUT2D eigenvalue weighted by molar-refractivity contribution is 0.304. The van der Waals surface area contributed by atoms with Gasteiger partial charge >= 0.3 is 0 Å². The minimum atomic E-state index is 0.661. The van der Waals surface area contributed by atoms with Crippen LogP contribution < -0.4 is 28.4 Å². The van der Waals surface area contributed by atoms with Gasteiger partial charge in [-0.1, -0.05) is 311 Å². The summed E-state index contributed by atoms with van der Waals surface area (Å²) in [5.74, 6) is 5.06. The van der Waals surface area contributed by atoms with E-state index in [0.29, 0.717) is 39.6 Å². The van der Waals surface area contributed by atoms with Crippen molar-refractivity contribution in [1.82, 2.24) is 29.9 Å². The zero-order valence-electron chi connectivity index (χ0n) is 81.2. The van der Waals surface area contributed by atoms with Crippen molar-refractivity contribution in [2.45, 2.75) is 350 Å². The third-order valence-corrected chi connectivity index (χ3v) is 28.2. The van der Waals surface area contributed by atoms with Gasteiger partial charge in [0.05, 0.1) is 106 Å². The van der Waals surface area contributed by atoms with Crippen LogP contribution in [-0.4, -0.2) is 69.5 Å². The first-order chi connectivity index (χ1) is 65.3. The lowest BCUT2D eigenvalue weighted by atomic mass is 9.92. The first-order valence-electron chi connectivity index (χ1n) is 53.0. The molecule has 0 aliphatic heterocycles. The molecule has 0 unspecified atom stereocenters. The summed E-state index contributed by atoms with van der Waals surface area (Å²) in [5, 5.41) is 18.8. The summed E-state index contributed by atoms with van der Waals surface area (Å²) in [6, 6.07) is 53.5. The van der Waals surface area contributed by atoms with Crippen LogP contribution in [0.3, 0.4) is 0 Å². The minimum Gasteiger partial charge on any atom is -0.494 e. The normalized spacial score (nSPS) is 12.1. The van der Waals surface area contributed by atoms with Gasteiger partial charge in [0, 0.05) is 32.3 Å². The zero-order valence-corrected chi connectivity index (χ0v) is 81.2. The van der Waals surface area contributed by atoms with Crippen LogP contribution in [0.4, 0.5) is 0 Å². The van der Waals surface area contributed by atoms with E-state index in [4.69, 9.17) is 58.3 Å². The number of aromatic nitrogens is 6. The number of fused-ring (bicyclic) bond motifs is 27. The largest absolute Gasteiger partial charge is 0.494 e. The van der Waals surface area contributed by atoms with Gasteiger partial charge < -0.3 is 28.4 Å². The molecule has 0 aliphatic carbocycles. The average molecular weight is 1770 g/mol. The average Bonchev–Trinajstić information content (AvgIpc) is 0.703. The van der Waals surface area contributed by atoms with Crippen LogP contribution in [-0.2, 0) is 0 Å². The van der Waals surface area contributed by atoms with E-state index >= 15 is 0 Å². The van der Waals surface area contributed by atoms with Crippen LogP contribution in [0.15, 0.2) is 146 Å². The van der Waals surface area contributed by atoms with Crippen molar-refractivity contribution in [3.63, 3.8) is 0 Å². The van der Waals surface area contributed by atoms with Crippen LogP contribution >= 0.6 is 0 Å². The summed E-state index contributed by atoms with van der Waals surface area (Å²) in [4.78, 5) is 35.4. The highest BCUT2D eigenvalue weighted by molar-refractivity contribution is 6.33. The molecule has 0 radical (unpaired) electrons. The van der Waals surface area contributed by atoms with Gasteiger partial charge in [-0.15, -0.1) is 0 Å².